The lowest BCUT2D eigenvalue weighted by Crippen LogP contribution is -2.26. The van der Waals surface area contributed by atoms with E-state index in [0.29, 0.717) is 17.6 Å². The molecule has 0 heterocycles. The third-order valence-electron chi connectivity index (χ3n) is 1.91. The molecule has 5 heteroatoms. The van der Waals surface area contributed by atoms with Crippen molar-refractivity contribution in [2.45, 2.75) is 26.4 Å². The second-order valence-corrected chi connectivity index (χ2v) is 4.59. The van der Waals surface area contributed by atoms with Gasteiger partial charge >= 0.3 is 6.16 Å². The van der Waals surface area contributed by atoms with Crippen LogP contribution in [0.15, 0.2) is 18.2 Å². The van der Waals surface area contributed by atoms with Gasteiger partial charge < -0.3 is 14.2 Å². The summed E-state index contributed by atoms with van der Waals surface area (Å²) in [6, 6.07) is 4.52. The minimum Gasteiger partial charge on any atom is -0.493 e. The van der Waals surface area contributed by atoms with E-state index in [4.69, 9.17) is 14.2 Å². The van der Waals surface area contributed by atoms with Crippen molar-refractivity contribution in [1.82, 2.24) is 0 Å². The fourth-order valence-corrected chi connectivity index (χ4v) is 1.21. The first kappa shape index (κ1) is 14.0. The van der Waals surface area contributed by atoms with Crippen LogP contribution < -0.4 is 9.47 Å². The Balaban J connectivity index is 2.88. The second kappa shape index (κ2) is 5.53. The Morgan fingerprint density at radius 3 is 2.39 bits per heavy atom. The highest BCUT2D eigenvalue weighted by atomic mass is 16.7. The lowest BCUT2D eigenvalue weighted by molar-refractivity contribution is 0.0200. The van der Waals surface area contributed by atoms with Gasteiger partial charge in [0.05, 0.1) is 7.11 Å². The number of rotatable bonds is 3. The van der Waals surface area contributed by atoms with Gasteiger partial charge in [0.2, 0.25) is 0 Å². The highest BCUT2D eigenvalue weighted by Crippen LogP contribution is 2.28. The zero-order chi connectivity index (χ0) is 13.8. The maximum absolute atomic E-state index is 11.5. The van der Waals surface area contributed by atoms with Crippen LogP contribution in [-0.2, 0) is 4.74 Å². The predicted octanol–water partition coefficient (Wildman–Crippen LogP) is 2.82. The van der Waals surface area contributed by atoms with E-state index < -0.39 is 11.8 Å². The SMILES string of the molecule is COc1ccc(C=O)cc1OC(=O)OC(C)(C)C. The van der Waals surface area contributed by atoms with Gasteiger partial charge in [0, 0.05) is 5.56 Å². The Morgan fingerprint density at radius 1 is 1.22 bits per heavy atom. The van der Waals surface area contributed by atoms with Crippen LogP contribution in [-0.4, -0.2) is 25.2 Å². The quantitative estimate of drug-likeness (QED) is 0.470. The summed E-state index contributed by atoms with van der Waals surface area (Å²) in [5, 5.41) is 0. The van der Waals surface area contributed by atoms with Crippen LogP contribution in [0, 0.1) is 0 Å². The van der Waals surface area contributed by atoms with E-state index in [0.717, 1.165) is 0 Å². The highest BCUT2D eigenvalue weighted by Gasteiger charge is 2.19. The summed E-state index contributed by atoms with van der Waals surface area (Å²) in [7, 11) is 1.44. The van der Waals surface area contributed by atoms with E-state index in [1.54, 1.807) is 32.9 Å². The summed E-state index contributed by atoms with van der Waals surface area (Å²) in [5.41, 5.74) is -0.263. The maximum Gasteiger partial charge on any atom is 0.514 e. The lowest BCUT2D eigenvalue weighted by Gasteiger charge is -2.19. The summed E-state index contributed by atoms with van der Waals surface area (Å²) in [6.07, 6.45) is -0.190. The Hall–Kier alpha value is -2.04. The number of carbonyl (C=O) groups excluding carboxylic acids is 2. The van der Waals surface area contributed by atoms with Gasteiger partial charge in [0.15, 0.2) is 11.5 Å². The molecule has 98 valence electrons. The minimum absolute atomic E-state index is 0.149. The Kier molecular flexibility index (Phi) is 4.31. The Morgan fingerprint density at radius 2 is 1.89 bits per heavy atom. The van der Waals surface area contributed by atoms with Crippen LogP contribution in [0.1, 0.15) is 31.1 Å². The highest BCUT2D eigenvalue weighted by molar-refractivity contribution is 5.77. The van der Waals surface area contributed by atoms with Crippen LogP contribution in [0.2, 0.25) is 0 Å². The van der Waals surface area contributed by atoms with Gasteiger partial charge in [0.25, 0.3) is 0 Å². The first-order valence-corrected chi connectivity index (χ1v) is 5.40. The Bertz CT molecular complexity index is 445. The topological polar surface area (TPSA) is 61.8 Å². The van der Waals surface area contributed by atoms with Crippen molar-refractivity contribution in [2.75, 3.05) is 7.11 Å². The molecule has 0 aromatic heterocycles. The molecule has 0 aliphatic carbocycles. The second-order valence-electron chi connectivity index (χ2n) is 4.59. The van der Waals surface area contributed by atoms with Gasteiger partial charge in [-0.15, -0.1) is 0 Å². The van der Waals surface area contributed by atoms with Gasteiger partial charge in [-0.05, 0) is 39.0 Å². The largest absolute Gasteiger partial charge is 0.514 e. The van der Waals surface area contributed by atoms with Crippen LogP contribution in [0.4, 0.5) is 4.79 Å². The normalized spacial score (nSPS) is 10.7. The van der Waals surface area contributed by atoms with Crippen molar-refractivity contribution in [3.63, 3.8) is 0 Å². The summed E-state index contributed by atoms with van der Waals surface area (Å²) in [4.78, 5) is 22.2. The number of methoxy groups -OCH3 is 1. The van der Waals surface area contributed by atoms with Gasteiger partial charge in [-0.25, -0.2) is 4.79 Å². The van der Waals surface area contributed by atoms with Crippen molar-refractivity contribution in [3.05, 3.63) is 23.8 Å². The van der Waals surface area contributed by atoms with Gasteiger partial charge in [-0.3, -0.25) is 4.79 Å². The number of ether oxygens (including phenoxy) is 3. The third kappa shape index (κ3) is 4.08. The molecule has 0 aliphatic rings. The van der Waals surface area contributed by atoms with Crippen molar-refractivity contribution in [3.8, 4) is 11.5 Å². The molecule has 5 nitrogen and oxygen atoms in total. The zero-order valence-corrected chi connectivity index (χ0v) is 10.9. The summed E-state index contributed by atoms with van der Waals surface area (Å²) >= 11 is 0. The fourth-order valence-electron chi connectivity index (χ4n) is 1.21. The van der Waals surface area contributed by atoms with Crippen molar-refractivity contribution >= 4 is 12.4 Å². The van der Waals surface area contributed by atoms with Gasteiger partial charge in [0.1, 0.15) is 11.9 Å². The van der Waals surface area contributed by atoms with E-state index in [9.17, 15) is 9.59 Å². The standard InChI is InChI=1S/C13H16O5/c1-13(2,3)18-12(15)17-11-7-9(8-14)5-6-10(11)16-4/h5-8H,1-4H3. The minimum atomic E-state index is -0.844. The van der Waals surface area contributed by atoms with Crippen LogP contribution in [0.5, 0.6) is 11.5 Å². The molecule has 1 aromatic carbocycles. The van der Waals surface area contributed by atoms with Crippen LogP contribution in [0.25, 0.3) is 0 Å². The Labute approximate surface area is 106 Å². The van der Waals surface area contributed by atoms with E-state index in [-0.39, 0.29) is 5.75 Å². The molecular formula is C13H16O5. The van der Waals surface area contributed by atoms with Crippen molar-refractivity contribution < 1.29 is 23.8 Å². The number of hydrogen-bond acceptors (Lipinski definition) is 5. The van der Waals surface area contributed by atoms with E-state index in [2.05, 4.69) is 0 Å². The molecule has 0 fully saturated rings. The molecule has 1 aromatic rings. The molecule has 0 atom stereocenters. The van der Waals surface area contributed by atoms with Crippen molar-refractivity contribution in [1.29, 1.82) is 0 Å². The lowest BCUT2D eigenvalue weighted by atomic mass is 10.2. The molecule has 0 N–H and O–H groups in total. The molecule has 0 spiro atoms. The maximum atomic E-state index is 11.5. The van der Waals surface area contributed by atoms with Crippen LogP contribution in [0.3, 0.4) is 0 Å². The third-order valence-corrected chi connectivity index (χ3v) is 1.91. The molecule has 0 bridgehead atoms. The molecule has 0 aliphatic heterocycles. The molecule has 0 saturated carbocycles. The molecule has 0 radical (unpaired) electrons. The molecule has 0 unspecified atom stereocenters. The smallest absolute Gasteiger partial charge is 0.493 e. The molecular weight excluding hydrogens is 236 g/mol. The zero-order valence-electron chi connectivity index (χ0n) is 10.9. The van der Waals surface area contributed by atoms with Crippen LogP contribution >= 0.6 is 0 Å². The average Bonchev–Trinajstić information content (AvgIpc) is 2.26. The first-order valence-electron chi connectivity index (χ1n) is 5.40. The number of benzene rings is 1. The van der Waals surface area contributed by atoms with Crippen molar-refractivity contribution in [2.24, 2.45) is 0 Å². The molecule has 1 rings (SSSR count). The van der Waals surface area contributed by atoms with E-state index in [1.165, 1.54) is 13.2 Å². The predicted molar refractivity (Wildman–Crippen MR) is 65.2 cm³/mol. The molecule has 18 heavy (non-hydrogen) atoms. The average molecular weight is 252 g/mol. The fraction of sp³-hybridized carbons (Fsp3) is 0.385. The molecule has 0 amide bonds. The number of aldehydes is 1. The molecule has 0 saturated heterocycles. The summed E-state index contributed by atoms with van der Waals surface area (Å²) in [6.45, 7) is 5.19. The monoisotopic (exact) mass is 252 g/mol. The van der Waals surface area contributed by atoms with E-state index in [1.807, 2.05) is 0 Å². The summed E-state index contributed by atoms with van der Waals surface area (Å²) < 4.78 is 15.0. The number of carbonyl (C=O) groups is 2. The first-order chi connectivity index (χ1) is 8.35. The van der Waals surface area contributed by atoms with Gasteiger partial charge in [-0.1, -0.05) is 0 Å². The number of hydrogen-bond donors (Lipinski definition) is 0. The summed E-state index contributed by atoms with van der Waals surface area (Å²) in [5.74, 6) is 0.503. The van der Waals surface area contributed by atoms with E-state index >= 15 is 0 Å². The van der Waals surface area contributed by atoms with Gasteiger partial charge in [-0.2, -0.15) is 0 Å².